The summed E-state index contributed by atoms with van der Waals surface area (Å²) in [6.45, 7) is 6.17. The maximum Gasteiger partial charge on any atom is 0.416 e. The summed E-state index contributed by atoms with van der Waals surface area (Å²) in [5, 5.41) is 5.96. The second-order valence-corrected chi connectivity index (χ2v) is 9.24. The Morgan fingerprint density at radius 1 is 1.18 bits per heavy atom. The summed E-state index contributed by atoms with van der Waals surface area (Å²) >= 11 is 1.10. The second-order valence-electron chi connectivity index (χ2n) is 8.71. The molecule has 186 valence electrons. The number of anilines is 2. The SMILES string of the molecule is Cc1cc(NC(=O)N2CCN(c3nsnc3OCCC3CCNCC3)CC2)cc(C(F)(F)F)c1. The number of nitrogens with one attached hydrogen (secondary N) is 2. The highest BCUT2D eigenvalue weighted by atomic mass is 32.1. The predicted molar refractivity (Wildman–Crippen MR) is 125 cm³/mol. The van der Waals surface area contributed by atoms with Crippen molar-refractivity contribution < 1.29 is 22.7 Å². The molecule has 2 aliphatic rings. The van der Waals surface area contributed by atoms with Gasteiger partial charge in [-0.3, -0.25) is 0 Å². The lowest BCUT2D eigenvalue weighted by atomic mass is 9.95. The van der Waals surface area contributed by atoms with Crippen LogP contribution in [0.5, 0.6) is 5.88 Å². The first-order chi connectivity index (χ1) is 16.3. The average Bonchev–Trinajstić information content (AvgIpc) is 3.27. The first-order valence-corrected chi connectivity index (χ1v) is 12.2. The van der Waals surface area contributed by atoms with E-state index in [4.69, 9.17) is 4.74 Å². The third-order valence-electron chi connectivity index (χ3n) is 6.19. The Morgan fingerprint density at radius 2 is 1.91 bits per heavy atom. The summed E-state index contributed by atoms with van der Waals surface area (Å²) in [4.78, 5) is 16.3. The molecular weight excluding hydrogens is 469 g/mol. The van der Waals surface area contributed by atoms with Crippen LogP contribution < -0.4 is 20.3 Å². The minimum absolute atomic E-state index is 0.132. The summed E-state index contributed by atoms with van der Waals surface area (Å²) < 4.78 is 53.8. The van der Waals surface area contributed by atoms with Crippen molar-refractivity contribution in [2.75, 3.05) is 56.1 Å². The Kier molecular flexibility index (Phi) is 7.77. The van der Waals surface area contributed by atoms with E-state index in [0.717, 1.165) is 56.2 Å². The van der Waals surface area contributed by atoms with Gasteiger partial charge in [-0.05, 0) is 69.0 Å². The van der Waals surface area contributed by atoms with E-state index in [9.17, 15) is 18.0 Å². The molecule has 0 radical (unpaired) electrons. The molecule has 34 heavy (non-hydrogen) atoms. The molecule has 0 atom stereocenters. The number of amides is 2. The number of carbonyl (C=O) groups excluding carboxylic acids is 1. The highest BCUT2D eigenvalue weighted by Gasteiger charge is 2.31. The van der Waals surface area contributed by atoms with E-state index in [0.29, 0.717) is 56.0 Å². The molecule has 0 saturated carbocycles. The number of alkyl halides is 3. The number of nitrogens with zero attached hydrogens (tertiary/aromatic N) is 4. The lowest BCUT2D eigenvalue weighted by Crippen LogP contribution is -2.50. The highest BCUT2D eigenvalue weighted by Crippen LogP contribution is 2.32. The molecule has 0 spiro atoms. The molecule has 0 aliphatic carbocycles. The molecule has 1 aromatic carbocycles. The number of piperazine rings is 1. The minimum atomic E-state index is -4.47. The van der Waals surface area contributed by atoms with Crippen LogP contribution in [0.3, 0.4) is 0 Å². The quantitative estimate of drug-likeness (QED) is 0.627. The summed E-state index contributed by atoms with van der Waals surface area (Å²) in [5.41, 5.74) is -0.220. The van der Waals surface area contributed by atoms with Crippen molar-refractivity contribution in [2.24, 2.45) is 5.92 Å². The molecule has 12 heteroatoms. The number of halogens is 3. The van der Waals surface area contributed by atoms with Crippen LogP contribution in [0.1, 0.15) is 30.4 Å². The number of hydrogen-bond acceptors (Lipinski definition) is 7. The number of benzene rings is 1. The van der Waals surface area contributed by atoms with Crippen LogP contribution in [0.4, 0.5) is 29.5 Å². The van der Waals surface area contributed by atoms with Crippen molar-refractivity contribution in [3.63, 3.8) is 0 Å². The van der Waals surface area contributed by atoms with Gasteiger partial charge in [0, 0.05) is 31.9 Å². The molecule has 1 aromatic heterocycles. The minimum Gasteiger partial charge on any atom is -0.474 e. The maximum absolute atomic E-state index is 13.1. The molecule has 8 nitrogen and oxygen atoms in total. The first-order valence-electron chi connectivity index (χ1n) is 11.5. The molecule has 0 unspecified atom stereocenters. The van der Waals surface area contributed by atoms with Gasteiger partial charge in [0.25, 0.3) is 5.88 Å². The predicted octanol–water partition coefficient (Wildman–Crippen LogP) is 3.99. The van der Waals surface area contributed by atoms with Gasteiger partial charge in [-0.1, -0.05) is 0 Å². The number of hydrogen-bond donors (Lipinski definition) is 2. The van der Waals surface area contributed by atoms with E-state index in [-0.39, 0.29) is 5.69 Å². The molecule has 0 bridgehead atoms. The summed E-state index contributed by atoms with van der Waals surface area (Å²) in [6, 6.07) is 3.11. The molecule has 3 heterocycles. The maximum atomic E-state index is 13.1. The molecular formula is C22H29F3N6O2S. The normalized spacial score (nSPS) is 17.6. The van der Waals surface area contributed by atoms with E-state index < -0.39 is 17.8 Å². The zero-order chi connectivity index (χ0) is 24.1. The second kappa shape index (κ2) is 10.8. The van der Waals surface area contributed by atoms with Crippen molar-refractivity contribution >= 4 is 29.3 Å². The lowest BCUT2D eigenvalue weighted by molar-refractivity contribution is -0.137. The van der Waals surface area contributed by atoms with Crippen LogP contribution >= 0.6 is 11.7 Å². The van der Waals surface area contributed by atoms with Crippen LogP contribution in [-0.4, -0.2) is 65.6 Å². The fraction of sp³-hybridized carbons (Fsp3) is 0.591. The zero-order valence-corrected chi connectivity index (χ0v) is 19.8. The fourth-order valence-electron chi connectivity index (χ4n) is 4.30. The summed E-state index contributed by atoms with van der Waals surface area (Å²) in [6.07, 6.45) is -1.15. The fourth-order valence-corrected chi connectivity index (χ4v) is 4.82. The van der Waals surface area contributed by atoms with Crippen LogP contribution in [0.25, 0.3) is 0 Å². The monoisotopic (exact) mass is 498 g/mol. The molecule has 4 rings (SSSR count). The van der Waals surface area contributed by atoms with Crippen molar-refractivity contribution in [2.45, 2.75) is 32.4 Å². The van der Waals surface area contributed by atoms with Gasteiger partial charge in [0.05, 0.1) is 23.9 Å². The van der Waals surface area contributed by atoms with E-state index in [1.165, 1.54) is 6.07 Å². The molecule has 2 saturated heterocycles. The lowest BCUT2D eigenvalue weighted by Gasteiger charge is -2.34. The van der Waals surface area contributed by atoms with Crippen LogP contribution in [-0.2, 0) is 6.18 Å². The average molecular weight is 499 g/mol. The van der Waals surface area contributed by atoms with Gasteiger partial charge in [0.1, 0.15) is 0 Å². The van der Waals surface area contributed by atoms with Crippen molar-refractivity contribution in [3.05, 3.63) is 29.3 Å². The molecule has 2 aliphatic heterocycles. The van der Waals surface area contributed by atoms with E-state index in [2.05, 4.69) is 19.4 Å². The van der Waals surface area contributed by atoms with Crippen LogP contribution in [0.2, 0.25) is 0 Å². The largest absolute Gasteiger partial charge is 0.474 e. The van der Waals surface area contributed by atoms with Crippen molar-refractivity contribution in [3.8, 4) is 5.88 Å². The van der Waals surface area contributed by atoms with Crippen molar-refractivity contribution in [1.29, 1.82) is 0 Å². The van der Waals surface area contributed by atoms with Gasteiger partial charge in [0.2, 0.25) is 5.82 Å². The Bertz CT molecular complexity index is 972. The number of rotatable bonds is 6. The summed E-state index contributed by atoms with van der Waals surface area (Å²) in [5.74, 6) is 1.87. The van der Waals surface area contributed by atoms with Gasteiger partial charge < -0.3 is 25.2 Å². The molecule has 2 amide bonds. The van der Waals surface area contributed by atoms with Gasteiger partial charge in [0.15, 0.2) is 0 Å². The molecule has 2 fully saturated rings. The van der Waals surface area contributed by atoms with Crippen LogP contribution in [0, 0.1) is 12.8 Å². The van der Waals surface area contributed by atoms with E-state index >= 15 is 0 Å². The van der Waals surface area contributed by atoms with Gasteiger partial charge in [-0.15, -0.1) is 4.37 Å². The van der Waals surface area contributed by atoms with Crippen molar-refractivity contribution in [1.82, 2.24) is 19.0 Å². The standard InChI is InChI=1S/C22H29F3N6O2S/c1-15-12-17(22(23,24)25)14-18(13-15)27-21(32)31-9-7-30(8-10-31)19-20(29-34-28-19)33-11-4-16-2-5-26-6-3-16/h12-14,16,26H,2-11H2,1H3,(H,27,32). The number of piperidine rings is 1. The Balaban J connectivity index is 1.28. The number of carbonyl (C=O) groups is 1. The zero-order valence-electron chi connectivity index (χ0n) is 19.0. The highest BCUT2D eigenvalue weighted by molar-refractivity contribution is 6.99. The van der Waals surface area contributed by atoms with Gasteiger partial charge >= 0.3 is 12.2 Å². The van der Waals surface area contributed by atoms with E-state index in [1.807, 2.05) is 4.90 Å². The Morgan fingerprint density at radius 3 is 2.62 bits per heavy atom. The van der Waals surface area contributed by atoms with E-state index in [1.54, 1.807) is 11.8 Å². The third kappa shape index (κ3) is 6.29. The van der Waals surface area contributed by atoms with Gasteiger partial charge in [-0.25, -0.2) is 4.79 Å². The smallest absolute Gasteiger partial charge is 0.416 e. The Hall–Kier alpha value is -2.60. The molecule has 2 N–H and O–H groups in total. The Labute approximate surface area is 200 Å². The topological polar surface area (TPSA) is 82.6 Å². The number of aryl methyl sites for hydroxylation is 1. The number of urea groups is 1. The summed E-state index contributed by atoms with van der Waals surface area (Å²) in [7, 11) is 0. The first kappa shape index (κ1) is 24.5. The number of aromatic nitrogens is 2. The van der Waals surface area contributed by atoms with Crippen LogP contribution in [0.15, 0.2) is 18.2 Å². The third-order valence-corrected chi connectivity index (χ3v) is 6.69. The number of ether oxygens (including phenoxy) is 1. The van der Waals surface area contributed by atoms with Gasteiger partial charge in [-0.2, -0.15) is 17.5 Å². The molecule has 2 aromatic rings.